The number of aryl methyl sites for hydroxylation is 1. The Morgan fingerprint density at radius 3 is 2.58 bits per heavy atom. The molecule has 0 aliphatic carbocycles. The van der Waals surface area contributed by atoms with E-state index in [0.717, 1.165) is 6.42 Å². The Balaban J connectivity index is 1.84. The van der Waals surface area contributed by atoms with Crippen molar-refractivity contribution in [3.8, 4) is 0 Å². The molecule has 2 atom stereocenters. The summed E-state index contributed by atoms with van der Waals surface area (Å²) in [7, 11) is 0. The number of nitrogens with one attached hydrogen (secondary N) is 2. The van der Waals surface area contributed by atoms with Gasteiger partial charge in [-0.2, -0.15) is 0 Å². The first-order chi connectivity index (χ1) is 11.5. The molecule has 2 rings (SSSR count). The molecule has 1 saturated heterocycles. The van der Waals surface area contributed by atoms with Crippen molar-refractivity contribution in [1.82, 2.24) is 5.32 Å². The summed E-state index contributed by atoms with van der Waals surface area (Å²) in [5.74, 6) is -0.548. The number of anilines is 1. The summed E-state index contributed by atoms with van der Waals surface area (Å²) in [5.41, 5.74) is 1.91. The maximum Gasteiger partial charge on any atom is 0.329 e. The molecule has 2 N–H and O–H groups in total. The molecule has 1 fully saturated rings. The lowest BCUT2D eigenvalue weighted by Crippen LogP contribution is -2.51. The van der Waals surface area contributed by atoms with E-state index in [9.17, 15) is 14.4 Å². The Hall–Kier alpha value is -2.02. The van der Waals surface area contributed by atoms with Crippen LogP contribution in [0, 0.1) is 0 Å². The number of carbonyl (C=O) groups excluding carboxylic acids is 3. The average Bonchev–Trinajstić information content (AvgIpc) is 2.57. The molecule has 1 heterocycles. The van der Waals surface area contributed by atoms with Crippen LogP contribution in [-0.4, -0.2) is 41.4 Å². The maximum atomic E-state index is 12.1. The minimum atomic E-state index is -0.636. The first kappa shape index (κ1) is 18.3. The number of benzene rings is 1. The number of ether oxygens (including phenoxy) is 1. The molecule has 6 nitrogen and oxygen atoms in total. The zero-order chi connectivity index (χ0) is 17.5. The van der Waals surface area contributed by atoms with Crippen LogP contribution in [0.15, 0.2) is 24.3 Å². The van der Waals surface area contributed by atoms with E-state index in [2.05, 4.69) is 17.6 Å². The monoisotopic (exact) mass is 350 g/mol. The third kappa shape index (κ3) is 4.99. The molecule has 24 heavy (non-hydrogen) atoms. The van der Waals surface area contributed by atoms with E-state index in [-0.39, 0.29) is 24.8 Å². The summed E-state index contributed by atoms with van der Waals surface area (Å²) >= 11 is 1.30. The predicted octanol–water partition coefficient (Wildman–Crippen LogP) is 1.74. The summed E-state index contributed by atoms with van der Waals surface area (Å²) in [6.45, 7) is 4.06. The fourth-order valence-corrected chi connectivity index (χ4v) is 3.45. The number of rotatable bonds is 6. The van der Waals surface area contributed by atoms with Crippen LogP contribution in [0.5, 0.6) is 0 Å². The predicted molar refractivity (Wildman–Crippen MR) is 93.9 cm³/mol. The molecule has 0 bridgehead atoms. The molecule has 130 valence electrons. The van der Waals surface area contributed by atoms with Crippen LogP contribution in [0.2, 0.25) is 0 Å². The molecule has 0 unspecified atom stereocenters. The Labute approximate surface area is 145 Å². The number of thioether (sulfide) groups is 1. The number of carbonyl (C=O) groups is 3. The third-order valence-electron chi connectivity index (χ3n) is 3.66. The van der Waals surface area contributed by atoms with Crippen LogP contribution in [0.3, 0.4) is 0 Å². The molecule has 1 aliphatic heterocycles. The summed E-state index contributed by atoms with van der Waals surface area (Å²) in [4.78, 5) is 35.8. The first-order valence-electron chi connectivity index (χ1n) is 8.00. The van der Waals surface area contributed by atoms with Gasteiger partial charge < -0.3 is 15.4 Å². The fourth-order valence-electron chi connectivity index (χ4n) is 2.32. The highest BCUT2D eigenvalue weighted by Gasteiger charge is 2.34. The van der Waals surface area contributed by atoms with Gasteiger partial charge in [-0.25, -0.2) is 4.79 Å². The average molecular weight is 350 g/mol. The Morgan fingerprint density at radius 1 is 1.29 bits per heavy atom. The van der Waals surface area contributed by atoms with E-state index in [1.807, 2.05) is 24.3 Å². The lowest BCUT2D eigenvalue weighted by atomic mass is 10.1. The van der Waals surface area contributed by atoms with E-state index in [4.69, 9.17) is 4.74 Å². The zero-order valence-electron chi connectivity index (χ0n) is 13.8. The van der Waals surface area contributed by atoms with Gasteiger partial charge in [-0.3, -0.25) is 9.59 Å². The first-order valence-corrected chi connectivity index (χ1v) is 9.05. The molecule has 1 aliphatic rings. The molecule has 0 radical (unpaired) electrons. The van der Waals surface area contributed by atoms with Crippen LogP contribution in [-0.2, 0) is 25.5 Å². The van der Waals surface area contributed by atoms with Crippen LogP contribution in [0.4, 0.5) is 5.69 Å². The molecule has 0 spiro atoms. The fraction of sp³-hybridized carbons (Fsp3) is 0.471. The highest BCUT2D eigenvalue weighted by molar-refractivity contribution is 8.00. The van der Waals surface area contributed by atoms with Crippen molar-refractivity contribution in [3.05, 3.63) is 29.8 Å². The highest BCUT2D eigenvalue weighted by Crippen LogP contribution is 2.22. The van der Waals surface area contributed by atoms with Gasteiger partial charge in [0.2, 0.25) is 11.8 Å². The smallest absolute Gasteiger partial charge is 0.329 e. The molecule has 7 heteroatoms. The third-order valence-corrected chi connectivity index (χ3v) is 4.97. The molecule has 1 aromatic carbocycles. The van der Waals surface area contributed by atoms with E-state index in [0.29, 0.717) is 11.4 Å². The Morgan fingerprint density at radius 2 is 2.00 bits per heavy atom. The minimum Gasteiger partial charge on any atom is -0.464 e. The summed E-state index contributed by atoms with van der Waals surface area (Å²) in [5, 5.41) is 4.92. The van der Waals surface area contributed by atoms with Crippen molar-refractivity contribution in [2.75, 3.05) is 17.7 Å². The number of amides is 2. The summed E-state index contributed by atoms with van der Waals surface area (Å²) < 4.78 is 4.90. The van der Waals surface area contributed by atoms with Gasteiger partial charge in [0.25, 0.3) is 0 Å². The minimum absolute atomic E-state index is 0.0710. The summed E-state index contributed by atoms with van der Waals surface area (Å²) in [6, 6.07) is 6.98. The van der Waals surface area contributed by atoms with Crippen LogP contribution in [0.1, 0.15) is 25.8 Å². The van der Waals surface area contributed by atoms with Gasteiger partial charge in [-0.1, -0.05) is 19.1 Å². The van der Waals surface area contributed by atoms with Gasteiger partial charge in [-0.15, -0.1) is 11.8 Å². The van der Waals surface area contributed by atoms with Crippen molar-refractivity contribution in [3.63, 3.8) is 0 Å². The van der Waals surface area contributed by atoms with Crippen molar-refractivity contribution >= 4 is 35.2 Å². The molecule has 2 amide bonds. The van der Waals surface area contributed by atoms with Crippen molar-refractivity contribution in [2.24, 2.45) is 0 Å². The van der Waals surface area contributed by atoms with E-state index < -0.39 is 17.3 Å². The lowest BCUT2D eigenvalue weighted by molar-refractivity contribution is -0.146. The highest BCUT2D eigenvalue weighted by atomic mass is 32.2. The topological polar surface area (TPSA) is 84.5 Å². The second-order valence-electron chi connectivity index (χ2n) is 5.44. The van der Waals surface area contributed by atoms with Gasteiger partial charge in [-0.05, 0) is 31.0 Å². The molecular formula is C17H22N2O4S. The standard InChI is InChI=1S/C17H22N2O4S/c1-3-11-5-7-12(8-6-11)18-15(20)9-14-16(21)19-13(10-24-14)17(22)23-4-2/h5-8,13-14H,3-4,9-10H2,1-2H3,(H,18,20)(H,19,21)/t13-,14-/m1/s1. The lowest BCUT2D eigenvalue weighted by Gasteiger charge is -2.27. The van der Waals surface area contributed by atoms with Crippen LogP contribution in [0.25, 0.3) is 0 Å². The number of esters is 1. The Kier molecular flexibility index (Phi) is 6.66. The van der Waals surface area contributed by atoms with Crippen LogP contribution < -0.4 is 10.6 Å². The number of hydrogen-bond acceptors (Lipinski definition) is 5. The van der Waals surface area contributed by atoms with Crippen molar-refractivity contribution in [1.29, 1.82) is 0 Å². The molecular weight excluding hydrogens is 328 g/mol. The van der Waals surface area contributed by atoms with Gasteiger partial charge in [0.1, 0.15) is 6.04 Å². The van der Waals surface area contributed by atoms with E-state index >= 15 is 0 Å². The second-order valence-corrected chi connectivity index (χ2v) is 6.67. The second kappa shape index (κ2) is 8.73. The van der Waals surface area contributed by atoms with Crippen molar-refractivity contribution in [2.45, 2.75) is 38.0 Å². The zero-order valence-corrected chi connectivity index (χ0v) is 14.7. The van der Waals surface area contributed by atoms with E-state index in [1.165, 1.54) is 17.3 Å². The van der Waals surface area contributed by atoms with E-state index in [1.54, 1.807) is 6.92 Å². The maximum absolute atomic E-state index is 12.1. The van der Waals surface area contributed by atoms with Gasteiger partial charge >= 0.3 is 5.97 Å². The van der Waals surface area contributed by atoms with Gasteiger partial charge in [0, 0.05) is 17.9 Å². The molecule has 1 aromatic rings. The largest absolute Gasteiger partial charge is 0.464 e. The molecule has 0 saturated carbocycles. The normalized spacial score (nSPS) is 20.2. The van der Waals surface area contributed by atoms with Crippen molar-refractivity contribution < 1.29 is 19.1 Å². The van der Waals surface area contributed by atoms with Gasteiger partial charge in [0.05, 0.1) is 11.9 Å². The van der Waals surface area contributed by atoms with Gasteiger partial charge in [0.15, 0.2) is 0 Å². The summed E-state index contributed by atoms with van der Waals surface area (Å²) in [6.07, 6.45) is 1.01. The van der Waals surface area contributed by atoms with Crippen LogP contribution >= 0.6 is 11.8 Å². The quantitative estimate of drug-likeness (QED) is 0.764. The molecule has 0 aromatic heterocycles. The Bertz CT molecular complexity index is 603. The SMILES string of the molecule is CCOC(=O)[C@H]1CS[C@H](CC(=O)Nc2ccc(CC)cc2)C(=O)N1. The number of hydrogen-bond donors (Lipinski definition) is 2.